The maximum atomic E-state index is 3.71. The van der Waals surface area contributed by atoms with Crippen LogP contribution in [0.2, 0.25) is 0 Å². The lowest BCUT2D eigenvalue weighted by Crippen LogP contribution is -2.20. The Labute approximate surface area is 86.8 Å². The maximum absolute atomic E-state index is 3.71. The fraction of sp³-hybridized carbons (Fsp3) is 0.385. The van der Waals surface area contributed by atoms with Crippen molar-refractivity contribution in [1.29, 1.82) is 0 Å². The molecule has 0 saturated carbocycles. The van der Waals surface area contributed by atoms with Gasteiger partial charge in [-0.3, -0.25) is 0 Å². The van der Waals surface area contributed by atoms with Crippen molar-refractivity contribution in [2.24, 2.45) is 0 Å². The predicted molar refractivity (Wildman–Crippen MR) is 62.4 cm³/mol. The van der Waals surface area contributed by atoms with Crippen LogP contribution in [0.4, 0.5) is 0 Å². The summed E-state index contributed by atoms with van der Waals surface area (Å²) in [5.74, 6) is 0. The maximum Gasteiger partial charge on any atom is 0.0294 e. The highest BCUT2D eigenvalue weighted by molar-refractivity contribution is 5.28. The molecule has 1 N–H and O–H groups in total. The van der Waals surface area contributed by atoms with E-state index in [-0.39, 0.29) is 0 Å². The van der Waals surface area contributed by atoms with Crippen LogP contribution in [0.1, 0.15) is 30.5 Å². The highest BCUT2D eigenvalue weighted by atomic mass is 14.9. The first-order valence-electron chi connectivity index (χ1n) is 5.15. The van der Waals surface area contributed by atoms with Gasteiger partial charge in [-0.2, -0.15) is 0 Å². The van der Waals surface area contributed by atoms with E-state index < -0.39 is 0 Å². The van der Waals surface area contributed by atoms with Crippen molar-refractivity contribution in [3.05, 3.63) is 48.0 Å². The van der Waals surface area contributed by atoms with Crippen LogP contribution in [0.3, 0.4) is 0 Å². The van der Waals surface area contributed by atoms with Crippen LogP contribution < -0.4 is 5.32 Å². The first kappa shape index (κ1) is 11.0. The standard InChI is InChI=1S/C13H19N/c1-4-5-10-14-12(3)13-9-7-6-8-11(13)2/h4,6-9,12,14H,1,5,10H2,2-3H3. The molecule has 1 nitrogen and oxygen atoms in total. The van der Waals surface area contributed by atoms with Gasteiger partial charge in [-0.05, 0) is 37.9 Å². The molecule has 76 valence electrons. The molecule has 0 radical (unpaired) electrons. The minimum Gasteiger partial charge on any atom is -0.310 e. The van der Waals surface area contributed by atoms with Gasteiger partial charge in [0.1, 0.15) is 0 Å². The zero-order valence-electron chi connectivity index (χ0n) is 9.09. The third-order valence-corrected chi connectivity index (χ3v) is 2.45. The van der Waals surface area contributed by atoms with E-state index >= 15 is 0 Å². The van der Waals surface area contributed by atoms with Gasteiger partial charge in [0.05, 0.1) is 0 Å². The molecule has 1 rings (SSSR count). The highest BCUT2D eigenvalue weighted by Crippen LogP contribution is 2.16. The molecule has 0 saturated heterocycles. The van der Waals surface area contributed by atoms with Crippen molar-refractivity contribution < 1.29 is 0 Å². The minimum absolute atomic E-state index is 0.427. The van der Waals surface area contributed by atoms with E-state index in [9.17, 15) is 0 Å². The molecule has 1 atom stereocenters. The van der Waals surface area contributed by atoms with E-state index in [1.807, 2.05) is 6.08 Å². The summed E-state index contributed by atoms with van der Waals surface area (Å²) in [4.78, 5) is 0. The molecule has 14 heavy (non-hydrogen) atoms. The van der Waals surface area contributed by atoms with Crippen molar-refractivity contribution >= 4 is 0 Å². The van der Waals surface area contributed by atoms with Gasteiger partial charge >= 0.3 is 0 Å². The molecule has 0 spiro atoms. The zero-order valence-corrected chi connectivity index (χ0v) is 9.09. The highest BCUT2D eigenvalue weighted by Gasteiger charge is 2.05. The molecule has 1 aromatic carbocycles. The van der Waals surface area contributed by atoms with Crippen LogP contribution >= 0.6 is 0 Å². The van der Waals surface area contributed by atoms with Gasteiger partial charge < -0.3 is 5.32 Å². The average molecular weight is 189 g/mol. The Morgan fingerprint density at radius 3 is 2.79 bits per heavy atom. The smallest absolute Gasteiger partial charge is 0.0294 e. The van der Waals surface area contributed by atoms with E-state index in [2.05, 4.69) is 50.0 Å². The Hall–Kier alpha value is -1.08. The SMILES string of the molecule is C=CCCNC(C)c1ccccc1C. The summed E-state index contributed by atoms with van der Waals surface area (Å²) in [6.45, 7) is 9.06. The summed E-state index contributed by atoms with van der Waals surface area (Å²) in [6.07, 6.45) is 2.97. The van der Waals surface area contributed by atoms with Gasteiger partial charge in [-0.1, -0.05) is 30.3 Å². The van der Waals surface area contributed by atoms with Crippen LogP contribution in [-0.4, -0.2) is 6.54 Å². The quantitative estimate of drug-likeness (QED) is 0.554. The Morgan fingerprint density at radius 1 is 1.43 bits per heavy atom. The Bertz CT molecular complexity index is 291. The Kier molecular flexibility index (Phi) is 4.41. The third kappa shape index (κ3) is 3.00. The van der Waals surface area contributed by atoms with Crippen molar-refractivity contribution in [3.8, 4) is 0 Å². The molecular formula is C13H19N. The molecule has 1 unspecified atom stereocenters. The first-order valence-corrected chi connectivity index (χ1v) is 5.15. The lowest BCUT2D eigenvalue weighted by Gasteiger charge is -2.15. The van der Waals surface area contributed by atoms with Gasteiger partial charge in [0.2, 0.25) is 0 Å². The molecule has 1 heteroatoms. The van der Waals surface area contributed by atoms with Crippen LogP contribution in [0.5, 0.6) is 0 Å². The summed E-state index contributed by atoms with van der Waals surface area (Å²) in [5, 5.41) is 3.47. The summed E-state index contributed by atoms with van der Waals surface area (Å²) in [5.41, 5.74) is 2.74. The second-order valence-corrected chi connectivity index (χ2v) is 3.61. The van der Waals surface area contributed by atoms with E-state index in [1.165, 1.54) is 11.1 Å². The third-order valence-electron chi connectivity index (χ3n) is 2.45. The molecule has 0 bridgehead atoms. The van der Waals surface area contributed by atoms with Crippen molar-refractivity contribution in [2.75, 3.05) is 6.54 Å². The normalized spacial score (nSPS) is 12.4. The molecule has 0 heterocycles. The van der Waals surface area contributed by atoms with E-state index in [0.29, 0.717) is 6.04 Å². The molecule has 0 aromatic heterocycles. The van der Waals surface area contributed by atoms with Crippen LogP contribution in [0.15, 0.2) is 36.9 Å². The molecule has 0 aliphatic rings. The van der Waals surface area contributed by atoms with Gasteiger partial charge in [0.25, 0.3) is 0 Å². The van der Waals surface area contributed by atoms with Crippen molar-refractivity contribution in [1.82, 2.24) is 5.32 Å². The van der Waals surface area contributed by atoms with Crippen molar-refractivity contribution in [3.63, 3.8) is 0 Å². The van der Waals surface area contributed by atoms with Gasteiger partial charge in [-0.15, -0.1) is 6.58 Å². The first-order chi connectivity index (χ1) is 6.75. The lowest BCUT2D eigenvalue weighted by molar-refractivity contribution is 0.579. The Balaban J connectivity index is 2.55. The fourth-order valence-electron chi connectivity index (χ4n) is 1.58. The molecule has 0 aliphatic heterocycles. The summed E-state index contributed by atoms with van der Waals surface area (Å²) < 4.78 is 0. The van der Waals surface area contributed by atoms with Crippen LogP contribution in [0, 0.1) is 6.92 Å². The average Bonchev–Trinajstić information content (AvgIpc) is 2.18. The largest absolute Gasteiger partial charge is 0.310 e. The van der Waals surface area contributed by atoms with Gasteiger partial charge in [-0.25, -0.2) is 0 Å². The number of nitrogens with one attached hydrogen (secondary N) is 1. The van der Waals surface area contributed by atoms with Crippen LogP contribution in [0.25, 0.3) is 0 Å². The van der Waals surface area contributed by atoms with Gasteiger partial charge in [0, 0.05) is 6.04 Å². The molecule has 0 fully saturated rings. The monoisotopic (exact) mass is 189 g/mol. The van der Waals surface area contributed by atoms with Crippen LogP contribution in [-0.2, 0) is 0 Å². The molecule has 1 aromatic rings. The lowest BCUT2D eigenvalue weighted by atomic mass is 10.0. The second kappa shape index (κ2) is 5.61. The topological polar surface area (TPSA) is 12.0 Å². The number of benzene rings is 1. The molecule has 0 amide bonds. The van der Waals surface area contributed by atoms with E-state index in [0.717, 1.165) is 13.0 Å². The number of hydrogen-bond donors (Lipinski definition) is 1. The molecule has 0 aliphatic carbocycles. The number of hydrogen-bond acceptors (Lipinski definition) is 1. The van der Waals surface area contributed by atoms with Gasteiger partial charge in [0.15, 0.2) is 0 Å². The summed E-state index contributed by atoms with van der Waals surface area (Å²) >= 11 is 0. The summed E-state index contributed by atoms with van der Waals surface area (Å²) in [6, 6.07) is 8.93. The number of aryl methyl sites for hydroxylation is 1. The minimum atomic E-state index is 0.427. The Morgan fingerprint density at radius 2 is 2.14 bits per heavy atom. The van der Waals surface area contributed by atoms with E-state index in [1.54, 1.807) is 0 Å². The predicted octanol–water partition coefficient (Wildman–Crippen LogP) is 3.22. The second-order valence-electron chi connectivity index (χ2n) is 3.61. The summed E-state index contributed by atoms with van der Waals surface area (Å²) in [7, 11) is 0. The zero-order chi connectivity index (χ0) is 10.4. The molecular weight excluding hydrogens is 170 g/mol. The fourth-order valence-corrected chi connectivity index (χ4v) is 1.58. The van der Waals surface area contributed by atoms with E-state index in [4.69, 9.17) is 0 Å². The number of rotatable bonds is 5. The van der Waals surface area contributed by atoms with Crippen molar-refractivity contribution in [2.45, 2.75) is 26.3 Å².